The molecule has 0 N–H and O–H groups in total. The van der Waals surface area contributed by atoms with Crippen LogP contribution in [0.15, 0.2) is 12.6 Å². The standard InChI is InChI=1S/C2H3B9/c1-2-4-6-8-10-11-9-7-5-3/h2H,1H2. The van der Waals surface area contributed by atoms with E-state index in [0.29, 0.717) is 0 Å². The molecule has 0 amide bonds. The molecule has 0 rings (SSSR count). The molecule has 0 heterocycles. The first-order valence-electron chi connectivity index (χ1n) is 3.41. The van der Waals surface area contributed by atoms with Gasteiger partial charge < -0.3 is 0 Å². The summed E-state index contributed by atoms with van der Waals surface area (Å²) in [7, 11) is 19.7. The molecule has 0 fully saturated rings. The van der Waals surface area contributed by atoms with Gasteiger partial charge in [-0.15, -0.1) is 12.6 Å². The highest BCUT2D eigenvalue weighted by Gasteiger charge is 1.93. The zero-order valence-electron chi connectivity index (χ0n) is 6.48. The molecule has 0 atom stereocenters. The average Bonchev–Trinajstić information content (AvgIpc) is 2.03. The third-order valence-electron chi connectivity index (χ3n) is 0.914. The summed E-state index contributed by atoms with van der Waals surface area (Å²) >= 11 is 0. The summed E-state index contributed by atoms with van der Waals surface area (Å²) in [4.78, 5) is 0. The molecular weight excluding hydrogens is 121 g/mol. The van der Waals surface area contributed by atoms with Gasteiger partial charge >= 0.3 is 0 Å². The van der Waals surface area contributed by atoms with Gasteiger partial charge in [0.25, 0.3) is 0 Å². The van der Waals surface area contributed by atoms with Crippen LogP contribution in [-0.2, 0) is 0 Å². The van der Waals surface area contributed by atoms with Crippen molar-refractivity contribution in [2.75, 3.05) is 0 Å². The third-order valence-corrected chi connectivity index (χ3v) is 0.914. The van der Waals surface area contributed by atoms with Crippen LogP contribution in [0.2, 0.25) is 0 Å². The van der Waals surface area contributed by atoms with Crippen LogP contribution in [0.3, 0.4) is 0 Å². The van der Waals surface area contributed by atoms with Gasteiger partial charge in [0.2, 0.25) is 0 Å². The Kier molecular flexibility index (Phi) is 10.6. The minimum atomic E-state index is 1.49. The lowest BCUT2D eigenvalue weighted by atomic mass is 8.90. The monoisotopic (exact) mass is 126 g/mol. The predicted octanol–water partition coefficient (Wildman–Crippen LogP) is -2.75. The lowest BCUT2D eigenvalue weighted by molar-refractivity contribution is 2.60. The van der Waals surface area contributed by atoms with Crippen LogP contribution < -0.4 is 0 Å². The molecule has 0 aliphatic carbocycles. The van der Waals surface area contributed by atoms with Gasteiger partial charge in [0.05, 0.1) is 7.17 Å². The van der Waals surface area contributed by atoms with E-state index in [1.807, 2.05) is 42.5 Å². The molecule has 11 heavy (non-hydrogen) atoms. The molecule has 0 saturated heterocycles. The van der Waals surface area contributed by atoms with Gasteiger partial charge in [0.15, 0.2) is 0 Å². The molecule has 0 spiro atoms. The largest absolute Gasteiger partial charge is 0.140 e. The normalized spacial score (nSPS) is 6.91. The Bertz CT molecular complexity index is 81.6. The first-order valence-corrected chi connectivity index (χ1v) is 3.41. The van der Waals surface area contributed by atoms with Crippen LogP contribution in [0, 0.1) is 0 Å². The molecule has 0 aliphatic rings. The summed E-state index contributed by atoms with van der Waals surface area (Å²) in [5.41, 5.74) is 0. The van der Waals surface area contributed by atoms with Gasteiger partial charge in [-0.3, -0.25) is 0 Å². The molecule has 0 bridgehead atoms. The van der Waals surface area contributed by atoms with Gasteiger partial charge in [0.1, 0.15) is 0 Å². The molecule has 38 valence electrons. The van der Waals surface area contributed by atoms with E-state index in [1.165, 1.54) is 7.06 Å². The Morgan fingerprint density at radius 1 is 0.909 bits per heavy atom. The van der Waals surface area contributed by atoms with Crippen molar-refractivity contribution < 1.29 is 0 Å². The summed E-state index contributed by atoms with van der Waals surface area (Å²) in [5, 5.41) is 0. The van der Waals surface area contributed by atoms with Crippen molar-refractivity contribution in [2.45, 2.75) is 0 Å². The quantitative estimate of drug-likeness (QED) is 0.243. The SMILES string of the molecule is [B][B][B][B][B][B][B][B][B]C=C. The predicted molar refractivity (Wildman–Crippen MR) is 62.0 cm³/mol. The van der Waals surface area contributed by atoms with Crippen LogP contribution in [-0.4, -0.2) is 64.3 Å². The summed E-state index contributed by atoms with van der Waals surface area (Å²) in [6, 6.07) is 0. The molecule has 9 heteroatoms. The summed E-state index contributed by atoms with van der Waals surface area (Å²) in [5.74, 6) is 1.73. The summed E-state index contributed by atoms with van der Waals surface area (Å²) in [6.45, 7) is 3.54. The minimum absolute atomic E-state index is 1.49. The van der Waals surface area contributed by atoms with Crippen LogP contribution in [0.5, 0.6) is 0 Å². The van der Waals surface area contributed by atoms with Crippen molar-refractivity contribution in [2.24, 2.45) is 0 Å². The van der Waals surface area contributed by atoms with Gasteiger partial charge in [0, 0.05) is 57.2 Å². The minimum Gasteiger partial charge on any atom is -0.140 e. The molecule has 0 unspecified atom stereocenters. The molecule has 0 aromatic heterocycles. The molecular formula is C2H3B9. The molecule has 0 aromatic rings. The lowest BCUT2D eigenvalue weighted by Crippen LogP contribution is -2.30. The fourth-order valence-corrected chi connectivity index (χ4v) is 0.463. The Morgan fingerprint density at radius 3 is 2.00 bits per heavy atom. The lowest BCUT2D eigenvalue weighted by Gasteiger charge is -1.92. The highest BCUT2D eigenvalue weighted by molar-refractivity contribution is 7.67. The molecule has 10 radical (unpaired) electrons. The van der Waals surface area contributed by atoms with E-state index in [4.69, 9.17) is 7.74 Å². The van der Waals surface area contributed by atoms with Crippen molar-refractivity contribution in [3.8, 4) is 0 Å². The number of rotatable bonds is 8. The third kappa shape index (κ3) is 10.3. The van der Waals surface area contributed by atoms with E-state index in [0.717, 1.165) is 0 Å². The Balaban J connectivity index is 2.74. The van der Waals surface area contributed by atoms with Crippen LogP contribution >= 0.6 is 0 Å². The molecule has 0 aliphatic heterocycles. The summed E-state index contributed by atoms with van der Waals surface area (Å²) in [6.07, 6.45) is 0. The maximum absolute atomic E-state index is 5.11. The maximum atomic E-state index is 5.11. The second kappa shape index (κ2) is 10.3. The van der Waals surface area contributed by atoms with Crippen molar-refractivity contribution in [1.82, 2.24) is 0 Å². The van der Waals surface area contributed by atoms with Gasteiger partial charge in [-0.1, -0.05) is 0 Å². The Labute approximate surface area is 77.3 Å². The van der Waals surface area contributed by atoms with Gasteiger partial charge in [-0.25, -0.2) is 0 Å². The van der Waals surface area contributed by atoms with E-state index in [9.17, 15) is 0 Å². The highest BCUT2D eigenvalue weighted by Crippen LogP contribution is 1.59. The van der Waals surface area contributed by atoms with Crippen LogP contribution in [0.1, 0.15) is 0 Å². The van der Waals surface area contributed by atoms with Gasteiger partial charge in [-0.2, -0.15) is 0 Å². The van der Waals surface area contributed by atoms with Crippen molar-refractivity contribution >= 4 is 64.3 Å². The Morgan fingerprint density at radius 2 is 1.45 bits per heavy atom. The van der Waals surface area contributed by atoms with E-state index in [1.54, 1.807) is 13.0 Å². The van der Waals surface area contributed by atoms with E-state index < -0.39 is 0 Å². The van der Waals surface area contributed by atoms with E-state index in [-0.39, 0.29) is 0 Å². The zero-order valence-corrected chi connectivity index (χ0v) is 6.48. The first kappa shape index (κ1) is 11.3. The molecule has 0 nitrogen and oxygen atoms in total. The van der Waals surface area contributed by atoms with E-state index >= 15 is 0 Å². The van der Waals surface area contributed by atoms with Crippen molar-refractivity contribution in [3.63, 3.8) is 0 Å². The zero-order chi connectivity index (χ0) is 8.36. The molecule has 0 saturated carbocycles. The van der Waals surface area contributed by atoms with Gasteiger partial charge in [-0.05, 0) is 0 Å². The van der Waals surface area contributed by atoms with E-state index in [2.05, 4.69) is 6.58 Å². The second-order valence-corrected chi connectivity index (χ2v) is 1.78. The second-order valence-electron chi connectivity index (χ2n) is 1.78. The fourth-order valence-electron chi connectivity index (χ4n) is 0.463. The smallest absolute Gasteiger partial charge is 0.0847 e. The first-order chi connectivity index (χ1) is 5.41. The highest BCUT2D eigenvalue weighted by atomic mass is 13.1. The molecule has 0 aromatic carbocycles. The fraction of sp³-hybridized carbons (Fsp3) is 0. The van der Waals surface area contributed by atoms with Crippen molar-refractivity contribution in [3.05, 3.63) is 12.6 Å². The van der Waals surface area contributed by atoms with Crippen LogP contribution in [0.25, 0.3) is 0 Å². The number of hydrogen-bond acceptors (Lipinski definition) is 0. The average molecular weight is 124 g/mol. The van der Waals surface area contributed by atoms with Crippen LogP contribution in [0.4, 0.5) is 0 Å². The maximum Gasteiger partial charge on any atom is 0.0847 e. The summed E-state index contributed by atoms with van der Waals surface area (Å²) < 4.78 is 0. The number of hydrogen-bond donors (Lipinski definition) is 0. The van der Waals surface area contributed by atoms with Crippen molar-refractivity contribution in [1.29, 1.82) is 0 Å². The topological polar surface area (TPSA) is 0 Å². The Hall–Kier alpha value is 0.324.